The van der Waals surface area contributed by atoms with E-state index in [9.17, 15) is 8.42 Å². The first-order valence-corrected chi connectivity index (χ1v) is 8.92. The van der Waals surface area contributed by atoms with Crippen LogP contribution in [0.25, 0.3) is 0 Å². The predicted octanol–water partition coefficient (Wildman–Crippen LogP) is 2.77. The molecule has 0 heterocycles. The van der Waals surface area contributed by atoms with Crippen molar-refractivity contribution in [2.24, 2.45) is 11.7 Å². The van der Waals surface area contributed by atoms with Crippen LogP contribution in [0, 0.1) is 5.92 Å². The van der Waals surface area contributed by atoms with Crippen molar-refractivity contribution in [3.05, 3.63) is 28.7 Å². The summed E-state index contributed by atoms with van der Waals surface area (Å²) >= 11 is 8.13. The number of nitrogens with two attached hydrogens (primary N) is 1. The van der Waals surface area contributed by atoms with Crippen LogP contribution in [0.2, 0.25) is 0 Å². The van der Waals surface area contributed by atoms with Gasteiger partial charge in [0, 0.05) is 24.0 Å². The standard InChI is InChI=1S/C13H19BrN2O2S2/c1-10(2)9-16(8-7-13(15)19)20(17,18)12-6-4-3-5-11(12)14/h3-6,10H,7-9H2,1-2H3,(H2,15,19). The van der Waals surface area contributed by atoms with Crippen LogP contribution < -0.4 is 5.73 Å². The molecule has 0 amide bonds. The number of halogens is 1. The van der Waals surface area contributed by atoms with Crippen LogP contribution in [0.15, 0.2) is 33.6 Å². The van der Waals surface area contributed by atoms with Crippen molar-refractivity contribution in [1.82, 2.24) is 4.31 Å². The second-order valence-corrected chi connectivity index (χ2v) is 8.19. The van der Waals surface area contributed by atoms with E-state index in [1.807, 2.05) is 13.8 Å². The first-order valence-electron chi connectivity index (χ1n) is 6.28. The Kier molecular flexibility index (Phi) is 6.57. The molecule has 112 valence electrons. The molecule has 0 radical (unpaired) electrons. The molecule has 0 unspecified atom stereocenters. The Morgan fingerprint density at radius 3 is 2.50 bits per heavy atom. The van der Waals surface area contributed by atoms with E-state index >= 15 is 0 Å². The highest BCUT2D eigenvalue weighted by atomic mass is 79.9. The van der Waals surface area contributed by atoms with E-state index in [4.69, 9.17) is 18.0 Å². The number of sulfonamides is 1. The minimum absolute atomic E-state index is 0.221. The Hall–Kier alpha value is -0.500. The summed E-state index contributed by atoms with van der Waals surface area (Å²) in [4.78, 5) is 0.588. The van der Waals surface area contributed by atoms with Gasteiger partial charge < -0.3 is 5.73 Å². The summed E-state index contributed by atoms with van der Waals surface area (Å²) in [6.45, 7) is 4.69. The van der Waals surface area contributed by atoms with Gasteiger partial charge in [0.15, 0.2) is 0 Å². The van der Waals surface area contributed by atoms with Crippen LogP contribution >= 0.6 is 28.1 Å². The molecule has 1 aromatic rings. The van der Waals surface area contributed by atoms with Crippen LogP contribution in [0.4, 0.5) is 0 Å². The van der Waals surface area contributed by atoms with Crippen LogP contribution in [-0.2, 0) is 10.0 Å². The quantitative estimate of drug-likeness (QED) is 0.740. The van der Waals surface area contributed by atoms with Gasteiger partial charge in [-0.15, -0.1) is 0 Å². The lowest BCUT2D eigenvalue weighted by Gasteiger charge is -2.24. The van der Waals surface area contributed by atoms with Crippen molar-refractivity contribution in [1.29, 1.82) is 0 Å². The third-order valence-corrected chi connectivity index (χ3v) is 5.71. The highest BCUT2D eigenvalue weighted by Gasteiger charge is 2.26. The van der Waals surface area contributed by atoms with Gasteiger partial charge in [0.25, 0.3) is 0 Å². The normalized spacial score (nSPS) is 12.1. The van der Waals surface area contributed by atoms with E-state index < -0.39 is 10.0 Å². The number of hydrogen-bond acceptors (Lipinski definition) is 3. The van der Waals surface area contributed by atoms with E-state index in [1.165, 1.54) is 4.31 Å². The molecule has 0 bridgehead atoms. The monoisotopic (exact) mass is 378 g/mol. The van der Waals surface area contributed by atoms with E-state index in [0.29, 0.717) is 29.0 Å². The summed E-state index contributed by atoms with van der Waals surface area (Å²) in [7, 11) is -3.55. The third-order valence-electron chi connectivity index (χ3n) is 2.63. The molecular weight excluding hydrogens is 360 g/mol. The molecule has 0 aliphatic carbocycles. The maximum Gasteiger partial charge on any atom is 0.244 e. The largest absolute Gasteiger partial charge is 0.393 e. The molecule has 0 atom stereocenters. The molecule has 0 aromatic heterocycles. The van der Waals surface area contributed by atoms with E-state index in [2.05, 4.69) is 15.9 Å². The Bertz CT molecular complexity index is 573. The number of benzene rings is 1. The van der Waals surface area contributed by atoms with Crippen molar-refractivity contribution < 1.29 is 8.42 Å². The molecule has 20 heavy (non-hydrogen) atoms. The second-order valence-electron chi connectivity index (χ2n) is 4.90. The molecule has 0 spiro atoms. The summed E-state index contributed by atoms with van der Waals surface area (Å²) in [6.07, 6.45) is 0.381. The summed E-state index contributed by atoms with van der Waals surface area (Å²) in [5, 5.41) is 0. The molecule has 1 rings (SSSR count). The molecule has 0 aliphatic heterocycles. The number of rotatable bonds is 7. The topological polar surface area (TPSA) is 63.4 Å². The van der Waals surface area contributed by atoms with Crippen molar-refractivity contribution in [3.8, 4) is 0 Å². The van der Waals surface area contributed by atoms with Crippen molar-refractivity contribution in [3.63, 3.8) is 0 Å². The maximum absolute atomic E-state index is 12.7. The van der Waals surface area contributed by atoms with Gasteiger partial charge in [0.1, 0.15) is 0 Å². The first kappa shape index (κ1) is 17.6. The van der Waals surface area contributed by atoms with Crippen molar-refractivity contribution >= 4 is 43.2 Å². The van der Waals surface area contributed by atoms with E-state index in [0.717, 1.165) is 0 Å². The predicted molar refractivity (Wildman–Crippen MR) is 89.1 cm³/mol. The van der Waals surface area contributed by atoms with Gasteiger partial charge in [-0.3, -0.25) is 0 Å². The van der Waals surface area contributed by atoms with Gasteiger partial charge in [-0.1, -0.05) is 38.2 Å². The zero-order valence-corrected chi connectivity index (χ0v) is 14.8. The van der Waals surface area contributed by atoms with Crippen LogP contribution in [0.5, 0.6) is 0 Å². The zero-order chi connectivity index (χ0) is 15.3. The van der Waals surface area contributed by atoms with Crippen LogP contribution in [-0.4, -0.2) is 30.8 Å². The zero-order valence-electron chi connectivity index (χ0n) is 11.5. The lowest BCUT2D eigenvalue weighted by molar-refractivity contribution is 0.374. The Labute approximate surface area is 134 Å². The average Bonchev–Trinajstić information content (AvgIpc) is 2.34. The Morgan fingerprint density at radius 2 is 2.00 bits per heavy atom. The number of hydrogen-bond donors (Lipinski definition) is 1. The fraction of sp³-hybridized carbons (Fsp3) is 0.462. The van der Waals surface area contributed by atoms with Gasteiger partial charge in [0.2, 0.25) is 10.0 Å². The molecule has 1 aromatic carbocycles. The van der Waals surface area contributed by atoms with Gasteiger partial charge in [-0.2, -0.15) is 4.31 Å². The average molecular weight is 379 g/mol. The molecule has 4 nitrogen and oxygen atoms in total. The summed E-state index contributed by atoms with van der Waals surface area (Å²) in [5.41, 5.74) is 5.48. The molecule has 0 aliphatic rings. The maximum atomic E-state index is 12.7. The van der Waals surface area contributed by atoms with Crippen molar-refractivity contribution in [2.75, 3.05) is 13.1 Å². The second kappa shape index (κ2) is 7.49. The summed E-state index contributed by atoms with van der Waals surface area (Å²) in [5.74, 6) is 0.221. The minimum atomic E-state index is -3.55. The molecule has 0 saturated heterocycles. The van der Waals surface area contributed by atoms with Crippen molar-refractivity contribution in [2.45, 2.75) is 25.2 Å². The Balaban J connectivity index is 3.10. The Morgan fingerprint density at radius 1 is 1.40 bits per heavy atom. The lowest BCUT2D eigenvalue weighted by atomic mass is 10.2. The number of nitrogens with zero attached hydrogens (tertiary/aromatic N) is 1. The summed E-state index contributed by atoms with van der Waals surface area (Å²) < 4.78 is 27.4. The lowest BCUT2D eigenvalue weighted by Crippen LogP contribution is -2.36. The minimum Gasteiger partial charge on any atom is -0.393 e. The van der Waals surface area contributed by atoms with Gasteiger partial charge >= 0.3 is 0 Å². The molecular formula is C13H19BrN2O2S2. The highest BCUT2D eigenvalue weighted by Crippen LogP contribution is 2.25. The third kappa shape index (κ3) is 4.80. The molecule has 2 N–H and O–H groups in total. The first-order chi connectivity index (χ1) is 9.25. The highest BCUT2D eigenvalue weighted by molar-refractivity contribution is 9.10. The number of thiocarbonyl (C=S) groups is 1. The van der Waals surface area contributed by atoms with E-state index in [-0.39, 0.29) is 10.8 Å². The van der Waals surface area contributed by atoms with Gasteiger partial charge in [-0.05, 0) is 34.0 Å². The summed E-state index contributed by atoms with van der Waals surface area (Å²) in [6, 6.07) is 6.80. The molecule has 0 fully saturated rings. The fourth-order valence-electron chi connectivity index (χ4n) is 1.74. The molecule has 0 saturated carbocycles. The van der Waals surface area contributed by atoms with Gasteiger partial charge in [-0.25, -0.2) is 8.42 Å². The SMILES string of the molecule is CC(C)CN(CCC(N)=S)S(=O)(=O)c1ccccc1Br. The van der Waals surface area contributed by atoms with E-state index in [1.54, 1.807) is 24.3 Å². The fourth-order valence-corrected chi connectivity index (χ4v) is 4.40. The van der Waals surface area contributed by atoms with Crippen LogP contribution in [0.3, 0.4) is 0 Å². The van der Waals surface area contributed by atoms with Gasteiger partial charge in [0.05, 0.1) is 9.88 Å². The van der Waals surface area contributed by atoms with Crippen LogP contribution in [0.1, 0.15) is 20.3 Å². The smallest absolute Gasteiger partial charge is 0.244 e. The molecule has 7 heteroatoms.